The zero-order valence-corrected chi connectivity index (χ0v) is 12.6. The SMILES string of the molecule is Cn1ccc(C(=O)N2CCN(C(=O)c3ccccc3)CC2)c1. The van der Waals surface area contributed by atoms with E-state index in [0.29, 0.717) is 37.3 Å². The lowest BCUT2D eigenvalue weighted by molar-refractivity contribution is 0.0535. The Labute approximate surface area is 129 Å². The molecule has 0 unspecified atom stereocenters. The van der Waals surface area contributed by atoms with E-state index < -0.39 is 0 Å². The number of hydrogen-bond donors (Lipinski definition) is 0. The van der Waals surface area contributed by atoms with Crippen LogP contribution in [0.15, 0.2) is 48.8 Å². The first-order valence-electron chi connectivity index (χ1n) is 7.41. The monoisotopic (exact) mass is 297 g/mol. The molecule has 22 heavy (non-hydrogen) atoms. The number of carbonyl (C=O) groups is 2. The molecule has 2 aromatic rings. The maximum Gasteiger partial charge on any atom is 0.255 e. The molecule has 2 heterocycles. The predicted molar refractivity (Wildman–Crippen MR) is 83.7 cm³/mol. The molecule has 114 valence electrons. The summed E-state index contributed by atoms with van der Waals surface area (Å²) in [6.45, 7) is 2.30. The van der Waals surface area contributed by atoms with Crippen LogP contribution in [0, 0.1) is 0 Å². The Morgan fingerprint density at radius 1 is 0.818 bits per heavy atom. The number of carbonyl (C=O) groups excluding carboxylic acids is 2. The molecule has 0 spiro atoms. The van der Waals surface area contributed by atoms with Gasteiger partial charge in [-0.2, -0.15) is 0 Å². The molecule has 5 nitrogen and oxygen atoms in total. The van der Waals surface area contributed by atoms with Gasteiger partial charge in [-0.05, 0) is 18.2 Å². The van der Waals surface area contributed by atoms with Crippen molar-refractivity contribution in [3.63, 3.8) is 0 Å². The number of amides is 2. The van der Waals surface area contributed by atoms with E-state index in [1.807, 2.05) is 70.2 Å². The van der Waals surface area contributed by atoms with Gasteiger partial charge in [-0.15, -0.1) is 0 Å². The maximum atomic E-state index is 12.4. The summed E-state index contributed by atoms with van der Waals surface area (Å²) in [7, 11) is 1.90. The van der Waals surface area contributed by atoms with Gasteiger partial charge in [-0.1, -0.05) is 18.2 Å². The van der Waals surface area contributed by atoms with Crippen molar-refractivity contribution in [2.45, 2.75) is 0 Å². The molecule has 5 heteroatoms. The fraction of sp³-hybridized carbons (Fsp3) is 0.294. The van der Waals surface area contributed by atoms with Gasteiger partial charge >= 0.3 is 0 Å². The highest BCUT2D eigenvalue weighted by molar-refractivity contribution is 5.95. The summed E-state index contributed by atoms with van der Waals surface area (Å²) in [5, 5.41) is 0. The summed E-state index contributed by atoms with van der Waals surface area (Å²) < 4.78 is 1.86. The van der Waals surface area contributed by atoms with E-state index in [4.69, 9.17) is 0 Å². The molecule has 0 saturated carbocycles. The third-order valence-corrected chi connectivity index (χ3v) is 3.95. The van der Waals surface area contributed by atoms with Crippen LogP contribution < -0.4 is 0 Å². The lowest BCUT2D eigenvalue weighted by Gasteiger charge is -2.34. The molecule has 0 aliphatic carbocycles. The number of rotatable bonds is 2. The van der Waals surface area contributed by atoms with Crippen LogP contribution in [0.5, 0.6) is 0 Å². The van der Waals surface area contributed by atoms with E-state index in [9.17, 15) is 9.59 Å². The molecule has 1 aliphatic heterocycles. The maximum absolute atomic E-state index is 12.4. The Morgan fingerprint density at radius 3 is 1.86 bits per heavy atom. The Bertz CT molecular complexity index is 670. The molecular formula is C17H19N3O2. The zero-order valence-electron chi connectivity index (χ0n) is 12.6. The fourth-order valence-corrected chi connectivity index (χ4v) is 2.69. The van der Waals surface area contributed by atoms with Crippen molar-refractivity contribution < 1.29 is 9.59 Å². The van der Waals surface area contributed by atoms with E-state index in [2.05, 4.69) is 0 Å². The van der Waals surface area contributed by atoms with Crippen molar-refractivity contribution in [3.8, 4) is 0 Å². The van der Waals surface area contributed by atoms with Gasteiger partial charge in [0.1, 0.15) is 0 Å². The van der Waals surface area contributed by atoms with Crippen molar-refractivity contribution in [2.24, 2.45) is 7.05 Å². The smallest absolute Gasteiger partial charge is 0.255 e. The summed E-state index contributed by atoms with van der Waals surface area (Å²) in [6, 6.07) is 11.1. The number of benzene rings is 1. The highest BCUT2D eigenvalue weighted by atomic mass is 16.2. The van der Waals surface area contributed by atoms with Crippen molar-refractivity contribution in [3.05, 3.63) is 59.9 Å². The third kappa shape index (κ3) is 2.88. The molecule has 1 fully saturated rings. The quantitative estimate of drug-likeness (QED) is 0.845. The molecule has 0 atom stereocenters. The van der Waals surface area contributed by atoms with Crippen LogP contribution in [-0.4, -0.2) is 52.4 Å². The molecule has 1 aliphatic rings. The molecule has 3 rings (SSSR count). The average Bonchev–Trinajstić information content (AvgIpc) is 3.01. The summed E-state index contributed by atoms with van der Waals surface area (Å²) in [6.07, 6.45) is 3.69. The van der Waals surface area contributed by atoms with Crippen LogP contribution in [0.3, 0.4) is 0 Å². The Hall–Kier alpha value is -2.56. The van der Waals surface area contributed by atoms with Gasteiger partial charge in [0.05, 0.1) is 5.56 Å². The summed E-state index contributed by atoms with van der Waals surface area (Å²) in [5.74, 6) is 0.0693. The highest BCUT2D eigenvalue weighted by Crippen LogP contribution is 2.12. The van der Waals surface area contributed by atoms with Crippen LogP contribution >= 0.6 is 0 Å². The van der Waals surface area contributed by atoms with Crippen LogP contribution in [0.2, 0.25) is 0 Å². The fourth-order valence-electron chi connectivity index (χ4n) is 2.69. The van der Waals surface area contributed by atoms with Gasteiger partial charge in [0.25, 0.3) is 11.8 Å². The molecule has 2 amide bonds. The Morgan fingerprint density at radius 2 is 1.36 bits per heavy atom. The van der Waals surface area contributed by atoms with Crippen molar-refractivity contribution in [1.29, 1.82) is 0 Å². The number of nitrogens with zero attached hydrogens (tertiary/aromatic N) is 3. The predicted octanol–water partition coefficient (Wildman–Crippen LogP) is 1.62. The lowest BCUT2D eigenvalue weighted by Crippen LogP contribution is -2.50. The third-order valence-electron chi connectivity index (χ3n) is 3.95. The second-order valence-corrected chi connectivity index (χ2v) is 5.52. The van der Waals surface area contributed by atoms with Crippen molar-refractivity contribution in [2.75, 3.05) is 26.2 Å². The first kappa shape index (κ1) is 14.4. The minimum Gasteiger partial charge on any atom is -0.356 e. The first-order chi connectivity index (χ1) is 10.6. The van der Waals surface area contributed by atoms with Crippen LogP contribution in [0.1, 0.15) is 20.7 Å². The topological polar surface area (TPSA) is 45.6 Å². The van der Waals surface area contributed by atoms with Gasteiger partial charge in [-0.3, -0.25) is 9.59 Å². The van der Waals surface area contributed by atoms with Crippen LogP contribution in [0.4, 0.5) is 0 Å². The minimum absolute atomic E-state index is 0.0346. The largest absolute Gasteiger partial charge is 0.356 e. The first-order valence-corrected chi connectivity index (χ1v) is 7.41. The van der Waals surface area contributed by atoms with Gasteiger partial charge in [0, 0.05) is 51.2 Å². The highest BCUT2D eigenvalue weighted by Gasteiger charge is 2.25. The van der Waals surface area contributed by atoms with Gasteiger partial charge in [0.15, 0.2) is 0 Å². The molecule has 0 bridgehead atoms. The van der Waals surface area contributed by atoms with Gasteiger partial charge < -0.3 is 14.4 Å². The Balaban J connectivity index is 1.61. The average molecular weight is 297 g/mol. The van der Waals surface area contributed by atoms with E-state index >= 15 is 0 Å². The lowest BCUT2D eigenvalue weighted by atomic mass is 10.1. The molecule has 1 saturated heterocycles. The standard InChI is InChI=1S/C17H19N3O2/c1-18-8-7-15(13-18)17(22)20-11-9-19(10-12-20)16(21)14-5-3-2-4-6-14/h2-8,13H,9-12H2,1H3. The summed E-state index contributed by atoms with van der Waals surface area (Å²) in [4.78, 5) is 28.4. The second-order valence-electron chi connectivity index (χ2n) is 5.52. The Kier molecular flexibility index (Phi) is 3.96. The van der Waals surface area contributed by atoms with Crippen molar-refractivity contribution in [1.82, 2.24) is 14.4 Å². The number of aryl methyl sites for hydroxylation is 1. The molecular weight excluding hydrogens is 278 g/mol. The minimum atomic E-state index is 0.0346. The normalized spacial score (nSPS) is 15.0. The van der Waals surface area contributed by atoms with E-state index in [0.717, 1.165) is 0 Å². The molecule has 0 N–H and O–H groups in total. The number of hydrogen-bond acceptors (Lipinski definition) is 2. The van der Waals surface area contributed by atoms with E-state index in [-0.39, 0.29) is 11.8 Å². The molecule has 1 aromatic carbocycles. The van der Waals surface area contributed by atoms with Gasteiger partial charge in [-0.25, -0.2) is 0 Å². The second kappa shape index (κ2) is 6.05. The zero-order chi connectivity index (χ0) is 15.5. The van der Waals surface area contributed by atoms with E-state index in [1.54, 1.807) is 0 Å². The molecule has 1 aromatic heterocycles. The van der Waals surface area contributed by atoms with E-state index in [1.165, 1.54) is 0 Å². The van der Waals surface area contributed by atoms with Crippen LogP contribution in [0.25, 0.3) is 0 Å². The van der Waals surface area contributed by atoms with Crippen molar-refractivity contribution >= 4 is 11.8 Å². The summed E-state index contributed by atoms with van der Waals surface area (Å²) >= 11 is 0. The van der Waals surface area contributed by atoms with Crippen LogP contribution in [-0.2, 0) is 7.05 Å². The number of aromatic nitrogens is 1. The van der Waals surface area contributed by atoms with Gasteiger partial charge in [0.2, 0.25) is 0 Å². The summed E-state index contributed by atoms with van der Waals surface area (Å²) in [5.41, 5.74) is 1.40. The number of piperazine rings is 1. The molecule has 0 radical (unpaired) electrons.